The van der Waals surface area contributed by atoms with Crippen LogP contribution in [-0.2, 0) is 4.79 Å². The summed E-state index contributed by atoms with van der Waals surface area (Å²) >= 11 is 0. The third-order valence-electron chi connectivity index (χ3n) is 4.50. The lowest BCUT2D eigenvalue weighted by Crippen LogP contribution is -2.45. The Morgan fingerprint density at radius 3 is 2.56 bits per heavy atom. The molecule has 0 spiro atoms. The van der Waals surface area contributed by atoms with Crippen molar-refractivity contribution in [2.24, 2.45) is 16.7 Å². The van der Waals surface area contributed by atoms with Gasteiger partial charge in [0, 0.05) is 13.1 Å². The van der Waals surface area contributed by atoms with Crippen LogP contribution in [0.3, 0.4) is 0 Å². The predicted molar refractivity (Wildman–Crippen MR) is 76.5 cm³/mol. The summed E-state index contributed by atoms with van der Waals surface area (Å²) in [5, 5.41) is 6.51. The van der Waals surface area contributed by atoms with E-state index in [-0.39, 0.29) is 16.7 Å². The van der Waals surface area contributed by atoms with Crippen LogP contribution in [0.1, 0.15) is 53.9 Å². The highest BCUT2D eigenvalue weighted by molar-refractivity contribution is 5.83. The molecule has 2 N–H and O–H groups in total. The van der Waals surface area contributed by atoms with Crippen LogP contribution in [0.15, 0.2) is 0 Å². The molecular formula is C15H30N2O. The first-order chi connectivity index (χ1) is 8.32. The van der Waals surface area contributed by atoms with Crippen LogP contribution in [-0.4, -0.2) is 25.5 Å². The maximum absolute atomic E-state index is 12.4. The molecule has 0 aromatic heterocycles. The number of carbonyl (C=O) groups is 1. The van der Waals surface area contributed by atoms with Gasteiger partial charge in [-0.25, -0.2) is 0 Å². The van der Waals surface area contributed by atoms with Gasteiger partial charge in [0.2, 0.25) is 5.91 Å². The summed E-state index contributed by atoms with van der Waals surface area (Å²) in [5.74, 6) is 0.750. The lowest BCUT2D eigenvalue weighted by Gasteiger charge is -2.31. The van der Waals surface area contributed by atoms with Crippen molar-refractivity contribution in [3.05, 3.63) is 0 Å². The number of rotatable bonds is 5. The molecule has 1 amide bonds. The van der Waals surface area contributed by atoms with Gasteiger partial charge in [-0.05, 0) is 30.7 Å². The lowest BCUT2D eigenvalue weighted by atomic mass is 9.80. The molecule has 0 saturated carbocycles. The van der Waals surface area contributed by atoms with Crippen LogP contribution in [0, 0.1) is 16.7 Å². The van der Waals surface area contributed by atoms with E-state index in [1.54, 1.807) is 0 Å². The molecule has 18 heavy (non-hydrogen) atoms. The van der Waals surface area contributed by atoms with Gasteiger partial charge in [-0.2, -0.15) is 0 Å². The van der Waals surface area contributed by atoms with E-state index in [4.69, 9.17) is 0 Å². The molecule has 1 rings (SSSR count). The second-order valence-corrected chi connectivity index (χ2v) is 6.93. The summed E-state index contributed by atoms with van der Waals surface area (Å²) in [4.78, 5) is 12.4. The number of carbonyl (C=O) groups excluding carboxylic acids is 1. The molecule has 0 aliphatic carbocycles. The Bertz CT molecular complexity index is 275. The first kappa shape index (κ1) is 15.5. The van der Waals surface area contributed by atoms with Crippen molar-refractivity contribution in [1.29, 1.82) is 0 Å². The Morgan fingerprint density at radius 2 is 2.11 bits per heavy atom. The quantitative estimate of drug-likeness (QED) is 0.791. The second kappa shape index (κ2) is 6.05. The molecule has 3 nitrogen and oxygen atoms in total. The Morgan fingerprint density at radius 1 is 1.44 bits per heavy atom. The summed E-state index contributed by atoms with van der Waals surface area (Å²) in [6.07, 6.45) is 3.05. The average Bonchev–Trinajstić information content (AvgIpc) is 2.74. The van der Waals surface area contributed by atoms with Gasteiger partial charge < -0.3 is 10.6 Å². The minimum atomic E-state index is -0.146. The molecule has 0 radical (unpaired) electrons. The number of hydrogen-bond acceptors (Lipinski definition) is 2. The zero-order valence-corrected chi connectivity index (χ0v) is 12.7. The van der Waals surface area contributed by atoms with Crippen molar-refractivity contribution in [1.82, 2.24) is 10.6 Å². The molecule has 1 aliphatic heterocycles. The van der Waals surface area contributed by atoms with E-state index < -0.39 is 0 Å². The Kier molecular flexibility index (Phi) is 5.20. The predicted octanol–water partition coefficient (Wildman–Crippen LogP) is 2.56. The van der Waals surface area contributed by atoms with Crippen LogP contribution >= 0.6 is 0 Å². The molecule has 2 unspecified atom stereocenters. The summed E-state index contributed by atoms with van der Waals surface area (Å²) in [6, 6.07) is 0. The standard InChI is InChI=1S/C15H30N2O/c1-6-7-15(8-9-16-11-15)13(18)17-10-12(2)14(3,4)5/h12,16H,6-11H2,1-5H3,(H,17,18). The number of hydrogen-bond donors (Lipinski definition) is 2. The van der Waals surface area contributed by atoms with Crippen LogP contribution in [0.2, 0.25) is 0 Å². The van der Waals surface area contributed by atoms with Crippen LogP contribution in [0.5, 0.6) is 0 Å². The SMILES string of the molecule is CCCC1(C(=O)NCC(C)C(C)(C)C)CCNC1. The largest absolute Gasteiger partial charge is 0.355 e. The van der Waals surface area contributed by atoms with Gasteiger partial charge in [0.25, 0.3) is 0 Å². The maximum Gasteiger partial charge on any atom is 0.227 e. The van der Waals surface area contributed by atoms with E-state index in [1.807, 2.05) is 0 Å². The zero-order chi connectivity index (χ0) is 13.8. The van der Waals surface area contributed by atoms with Crippen LogP contribution in [0.25, 0.3) is 0 Å². The number of amides is 1. The highest BCUT2D eigenvalue weighted by atomic mass is 16.2. The smallest absolute Gasteiger partial charge is 0.227 e. The first-order valence-corrected chi connectivity index (χ1v) is 7.31. The molecule has 2 atom stereocenters. The van der Waals surface area contributed by atoms with Gasteiger partial charge in [0.15, 0.2) is 0 Å². The van der Waals surface area contributed by atoms with E-state index in [1.165, 1.54) is 0 Å². The molecule has 3 heteroatoms. The van der Waals surface area contributed by atoms with E-state index >= 15 is 0 Å². The summed E-state index contributed by atoms with van der Waals surface area (Å²) in [6.45, 7) is 13.6. The van der Waals surface area contributed by atoms with E-state index in [9.17, 15) is 4.79 Å². The fourth-order valence-corrected chi connectivity index (χ4v) is 2.48. The Hall–Kier alpha value is -0.570. The Labute approximate surface area is 112 Å². The molecule has 0 bridgehead atoms. The third kappa shape index (κ3) is 3.71. The van der Waals surface area contributed by atoms with Gasteiger partial charge >= 0.3 is 0 Å². The van der Waals surface area contributed by atoms with Crippen molar-refractivity contribution in [2.45, 2.75) is 53.9 Å². The van der Waals surface area contributed by atoms with Crippen molar-refractivity contribution >= 4 is 5.91 Å². The molecular weight excluding hydrogens is 224 g/mol. The molecule has 1 heterocycles. The van der Waals surface area contributed by atoms with E-state index in [2.05, 4.69) is 45.3 Å². The van der Waals surface area contributed by atoms with E-state index in [0.29, 0.717) is 5.92 Å². The van der Waals surface area contributed by atoms with Gasteiger partial charge in [0.05, 0.1) is 5.41 Å². The highest BCUT2D eigenvalue weighted by Crippen LogP contribution is 2.32. The van der Waals surface area contributed by atoms with Gasteiger partial charge in [-0.3, -0.25) is 4.79 Å². The van der Waals surface area contributed by atoms with Crippen molar-refractivity contribution < 1.29 is 4.79 Å². The molecule has 1 aliphatic rings. The monoisotopic (exact) mass is 254 g/mol. The Balaban J connectivity index is 2.53. The van der Waals surface area contributed by atoms with E-state index in [0.717, 1.165) is 38.9 Å². The minimum absolute atomic E-state index is 0.146. The second-order valence-electron chi connectivity index (χ2n) is 6.93. The van der Waals surface area contributed by atoms with Crippen LogP contribution in [0.4, 0.5) is 0 Å². The van der Waals surface area contributed by atoms with Crippen molar-refractivity contribution in [2.75, 3.05) is 19.6 Å². The summed E-state index contributed by atoms with van der Waals surface area (Å²) in [7, 11) is 0. The first-order valence-electron chi connectivity index (χ1n) is 7.31. The summed E-state index contributed by atoms with van der Waals surface area (Å²) in [5.41, 5.74) is 0.103. The average molecular weight is 254 g/mol. The fourth-order valence-electron chi connectivity index (χ4n) is 2.48. The van der Waals surface area contributed by atoms with Gasteiger partial charge in [-0.1, -0.05) is 41.0 Å². The molecule has 106 valence electrons. The zero-order valence-electron chi connectivity index (χ0n) is 12.7. The number of nitrogens with one attached hydrogen (secondary N) is 2. The lowest BCUT2D eigenvalue weighted by molar-refractivity contribution is -0.130. The topological polar surface area (TPSA) is 41.1 Å². The van der Waals surface area contributed by atoms with Crippen molar-refractivity contribution in [3.63, 3.8) is 0 Å². The van der Waals surface area contributed by atoms with Gasteiger partial charge in [0.1, 0.15) is 0 Å². The minimum Gasteiger partial charge on any atom is -0.355 e. The van der Waals surface area contributed by atoms with Gasteiger partial charge in [-0.15, -0.1) is 0 Å². The van der Waals surface area contributed by atoms with Crippen molar-refractivity contribution in [3.8, 4) is 0 Å². The third-order valence-corrected chi connectivity index (χ3v) is 4.50. The maximum atomic E-state index is 12.4. The molecule has 1 fully saturated rings. The highest BCUT2D eigenvalue weighted by Gasteiger charge is 2.40. The summed E-state index contributed by atoms with van der Waals surface area (Å²) < 4.78 is 0. The van der Waals surface area contributed by atoms with Crippen LogP contribution < -0.4 is 10.6 Å². The molecule has 1 saturated heterocycles. The molecule has 0 aromatic rings. The normalized spacial score (nSPS) is 26.1. The fraction of sp³-hybridized carbons (Fsp3) is 0.933. The molecule has 0 aromatic carbocycles.